The second-order valence-corrected chi connectivity index (χ2v) is 7.33. The molecule has 1 saturated carbocycles. The summed E-state index contributed by atoms with van der Waals surface area (Å²) in [6.45, 7) is 0. The van der Waals surface area contributed by atoms with Crippen molar-refractivity contribution in [3.63, 3.8) is 0 Å². The summed E-state index contributed by atoms with van der Waals surface area (Å²) in [5.74, 6) is 0.525. The third-order valence-electron chi connectivity index (χ3n) is 5.35. The van der Waals surface area contributed by atoms with Crippen LogP contribution in [0.5, 0.6) is 0 Å². The first kappa shape index (κ1) is 18.9. The minimum Gasteiger partial charge on any atom is -0.273 e. The first-order valence-electron chi connectivity index (χ1n) is 9.97. The van der Waals surface area contributed by atoms with E-state index < -0.39 is 0 Å². The number of hydrogen-bond donors (Lipinski definition) is 1. The number of amides is 1. The summed E-state index contributed by atoms with van der Waals surface area (Å²) in [5.41, 5.74) is 6.31. The molecule has 0 spiro atoms. The van der Waals surface area contributed by atoms with Crippen molar-refractivity contribution in [1.29, 1.82) is 0 Å². The van der Waals surface area contributed by atoms with Crippen LogP contribution >= 0.6 is 0 Å². The Kier molecular flexibility index (Phi) is 5.96. The van der Waals surface area contributed by atoms with Gasteiger partial charge in [-0.25, -0.2) is 5.43 Å². The van der Waals surface area contributed by atoms with E-state index >= 15 is 0 Å². The highest BCUT2D eigenvalue weighted by molar-refractivity contribution is 5.84. The maximum Gasteiger partial charge on any atom is 0.243 e. The molecule has 3 heteroatoms. The Morgan fingerprint density at radius 2 is 1.41 bits per heavy atom. The highest BCUT2D eigenvalue weighted by Crippen LogP contribution is 2.51. The fourth-order valence-electron chi connectivity index (χ4n) is 3.84. The van der Waals surface area contributed by atoms with E-state index in [0.29, 0.717) is 5.92 Å². The lowest BCUT2D eigenvalue weighted by molar-refractivity contribution is -0.122. The van der Waals surface area contributed by atoms with Crippen molar-refractivity contribution in [2.45, 2.75) is 12.3 Å². The number of nitrogens with one attached hydrogen (secondary N) is 1. The average molecular weight is 380 g/mol. The normalized spacial score (nSPS) is 18.4. The molecule has 2 unspecified atom stereocenters. The molecule has 1 aliphatic rings. The van der Waals surface area contributed by atoms with Crippen molar-refractivity contribution in [2.24, 2.45) is 16.9 Å². The molecule has 1 N–H and O–H groups in total. The summed E-state index contributed by atoms with van der Waals surface area (Å²) in [6.07, 6.45) is 6.29. The Morgan fingerprint density at radius 1 is 0.862 bits per heavy atom. The lowest BCUT2D eigenvalue weighted by Gasteiger charge is -2.18. The Labute approximate surface area is 171 Å². The monoisotopic (exact) mass is 380 g/mol. The van der Waals surface area contributed by atoms with Gasteiger partial charge in [-0.3, -0.25) is 4.79 Å². The highest BCUT2D eigenvalue weighted by Gasteiger charge is 2.48. The van der Waals surface area contributed by atoms with E-state index in [4.69, 9.17) is 0 Å². The van der Waals surface area contributed by atoms with E-state index in [0.717, 1.165) is 12.0 Å². The molecular formula is C26H24N2O. The molecule has 0 radical (unpaired) electrons. The first-order valence-corrected chi connectivity index (χ1v) is 9.97. The number of hydrazone groups is 1. The van der Waals surface area contributed by atoms with Crippen LogP contribution in [-0.4, -0.2) is 12.1 Å². The number of rotatable bonds is 7. The molecule has 1 amide bonds. The largest absolute Gasteiger partial charge is 0.273 e. The maximum absolute atomic E-state index is 12.6. The van der Waals surface area contributed by atoms with Gasteiger partial charge in [0.25, 0.3) is 0 Å². The molecule has 0 aromatic heterocycles. The van der Waals surface area contributed by atoms with Crippen LogP contribution in [0.1, 0.15) is 29.0 Å². The molecule has 4 rings (SSSR count). The second-order valence-electron chi connectivity index (χ2n) is 7.33. The van der Waals surface area contributed by atoms with Gasteiger partial charge in [-0.05, 0) is 35.1 Å². The van der Waals surface area contributed by atoms with Crippen LogP contribution in [-0.2, 0) is 4.79 Å². The molecule has 3 aromatic rings. The summed E-state index contributed by atoms with van der Waals surface area (Å²) in [5, 5.41) is 4.08. The topological polar surface area (TPSA) is 41.5 Å². The SMILES string of the molecule is O=C(N/N=C/C=C/c1ccccc1)C1CC1C(c1ccccc1)c1ccccc1. The minimum atomic E-state index is -0.00401. The van der Waals surface area contributed by atoms with Crippen molar-refractivity contribution in [1.82, 2.24) is 5.43 Å². The van der Waals surface area contributed by atoms with Gasteiger partial charge in [0, 0.05) is 18.1 Å². The standard InChI is InChI=1S/C26H24N2O/c29-26(28-27-18-10-13-20-11-4-1-5-12-20)24-19-23(24)25(21-14-6-2-7-15-21)22-16-8-3-9-17-22/h1-18,23-25H,19H2,(H,28,29)/b13-10+,27-18+. The summed E-state index contributed by atoms with van der Waals surface area (Å²) in [4.78, 5) is 12.6. The molecule has 0 heterocycles. The van der Waals surface area contributed by atoms with Crippen LogP contribution in [0.4, 0.5) is 0 Å². The third kappa shape index (κ3) is 4.88. The van der Waals surface area contributed by atoms with Gasteiger partial charge in [0.2, 0.25) is 5.91 Å². The van der Waals surface area contributed by atoms with Crippen LogP contribution in [0.3, 0.4) is 0 Å². The number of benzene rings is 3. The molecule has 0 bridgehead atoms. The van der Waals surface area contributed by atoms with Crippen LogP contribution in [0.2, 0.25) is 0 Å². The van der Waals surface area contributed by atoms with E-state index in [9.17, 15) is 4.79 Å². The van der Waals surface area contributed by atoms with Gasteiger partial charge < -0.3 is 0 Å². The summed E-state index contributed by atoms with van der Waals surface area (Å²) in [6, 6.07) is 30.9. The maximum atomic E-state index is 12.6. The summed E-state index contributed by atoms with van der Waals surface area (Å²) < 4.78 is 0. The van der Waals surface area contributed by atoms with Gasteiger partial charge in [0.1, 0.15) is 0 Å². The van der Waals surface area contributed by atoms with E-state index in [-0.39, 0.29) is 17.7 Å². The van der Waals surface area contributed by atoms with Gasteiger partial charge in [-0.2, -0.15) is 5.10 Å². The van der Waals surface area contributed by atoms with Gasteiger partial charge in [0.05, 0.1) is 0 Å². The summed E-state index contributed by atoms with van der Waals surface area (Å²) in [7, 11) is 0. The first-order chi connectivity index (χ1) is 14.3. The van der Waals surface area contributed by atoms with Crippen molar-refractivity contribution >= 4 is 18.2 Å². The number of nitrogens with zero attached hydrogens (tertiary/aromatic N) is 1. The predicted molar refractivity (Wildman–Crippen MR) is 118 cm³/mol. The zero-order valence-electron chi connectivity index (χ0n) is 16.2. The Hall–Kier alpha value is -3.46. The lowest BCUT2D eigenvalue weighted by atomic mass is 9.86. The van der Waals surface area contributed by atoms with Crippen LogP contribution in [0.25, 0.3) is 6.08 Å². The molecule has 0 aliphatic heterocycles. The van der Waals surface area contributed by atoms with Crippen molar-refractivity contribution in [2.75, 3.05) is 0 Å². The minimum absolute atomic E-state index is 0.00350. The molecule has 3 aromatic carbocycles. The van der Waals surface area contributed by atoms with Gasteiger partial charge in [0.15, 0.2) is 0 Å². The van der Waals surface area contributed by atoms with Crippen molar-refractivity contribution in [3.05, 3.63) is 114 Å². The zero-order chi connectivity index (χ0) is 19.9. The van der Waals surface area contributed by atoms with Crippen LogP contribution < -0.4 is 5.43 Å². The smallest absolute Gasteiger partial charge is 0.243 e. The molecule has 29 heavy (non-hydrogen) atoms. The number of carbonyl (C=O) groups is 1. The molecular weight excluding hydrogens is 356 g/mol. The van der Waals surface area contributed by atoms with Gasteiger partial charge in [-0.15, -0.1) is 0 Å². The van der Waals surface area contributed by atoms with E-state index in [1.165, 1.54) is 11.1 Å². The third-order valence-corrected chi connectivity index (χ3v) is 5.35. The molecule has 144 valence electrons. The van der Waals surface area contributed by atoms with E-state index in [1.54, 1.807) is 6.21 Å². The van der Waals surface area contributed by atoms with E-state index in [2.05, 4.69) is 59.1 Å². The fourth-order valence-corrected chi connectivity index (χ4v) is 3.84. The lowest BCUT2D eigenvalue weighted by Crippen LogP contribution is -2.21. The number of allylic oxidation sites excluding steroid dienone is 1. The highest BCUT2D eigenvalue weighted by atomic mass is 16.2. The van der Waals surface area contributed by atoms with Crippen molar-refractivity contribution < 1.29 is 4.79 Å². The van der Waals surface area contributed by atoms with E-state index in [1.807, 2.05) is 54.6 Å². The Bertz CT molecular complexity index is 941. The quantitative estimate of drug-likeness (QED) is 0.440. The molecule has 1 fully saturated rings. The molecule has 2 atom stereocenters. The van der Waals surface area contributed by atoms with Crippen molar-refractivity contribution in [3.8, 4) is 0 Å². The summed E-state index contributed by atoms with van der Waals surface area (Å²) >= 11 is 0. The Balaban J connectivity index is 1.38. The Morgan fingerprint density at radius 3 is 2.00 bits per heavy atom. The molecule has 0 saturated heterocycles. The van der Waals surface area contributed by atoms with Gasteiger partial charge >= 0.3 is 0 Å². The average Bonchev–Trinajstić information content (AvgIpc) is 3.56. The predicted octanol–water partition coefficient (Wildman–Crippen LogP) is 5.27. The second kappa shape index (κ2) is 9.16. The van der Waals surface area contributed by atoms with Crippen LogP contribution in [0, 0.1) is 11.8 Å². The van der Waals surface area contributed by atoms with Gasteiger partial charge in [-0.1, -0.05) is 97.1 Å². The zero-order valence-corrected chi connectivity index (χ0v) is 16.2. The van der Waals surface area contributed by atoms with Crippen LogP contribution in [0.15, 0.2) is 102 Å². The number of carbonyl (C=O) groups excluding carboxylic acids is 1. The molecule has 1 aliphatic carbocycles. The fraction of sp³-hybridized carbons (Fsp3) is 0.154. The number of hydrogen-bond acceptors (Lipinski definition) is 2. The molecule has 3 nitrogen and oxygen atoms in total.